The predicted molar refractivity (Wildman–Crippen MR) is 105 cm³/mol. The summed E-state index contributed by atoms with van der Waals surface area (Å²) < 4.78 is 5.36. The third kappa shape index (κ3) is 9.84. The van der Waals surface area contributed by atoms with Gasteiger partial charge in [0.05, 0.1) is 13.2 Å². The molecule has 1 aliphatic rings. The number of halogens is 1. The van der Waals surface area contributed by atoms with Gasteiger partial charge in [0.25, 0.3) is 0 Å². The highest BCUT2D eigenvalue weighted by atomic mass is 127. The first-order chi connectivity index (χ1) is 9.93. The van der Waals surface area contributed by atoms with Gasteiger partial charge in [-0.15, -0.1) is 24.0 Å². The van der Waals surface area contributed by atoms with Crippen molar-refractivity contribution in [2.45, 2.75) is 34.1 Å². The first kappa shape index (κ1) is 21.9. The van der Waals surface area contributed by atoms with Gasteiger partial charge in [-0.25, -0.2) is 0 Å². The SMILES string of the molecule is CN=C(NCCN1CCOCC1)NCC(C)(C)CC(C)C.I. The van der Waals surface area contributed by atoms with Gasteiger partial charge in [-0.2, -0.15) is 0 Å². The molecule has 22 heavy (non-hydrogen) atoms. The summed E-state index contributed by atoms with van der Waals surface area (Å²) in [6, 6.07) is 0. The lowest BCUT2D eigenvalue weighted by molar-refractivity contribution is 0.0389. The summed E-state index contributed by atoms with van der Waals surface area (Å²) >= 11 is 0. The van der Waals surface area contributed by atoms with Crippen LogP contribution >= 0.6 is 24.0 Å². The normalized spacial score (nSPS) is 17.3. The van der Waals surface area contributed by atoms with Gasteiger partial charge < -0.3 is 15.4 Å². The van der Waals surface area contributed by atoms with Crippen LogP contribution in [0.3, 0.4) is 0 Å². The van der Waals surface area contributed by atoms with Gasteiger partial charge in [-0.3, -0.25) is 9.89 Å². The fraction of sp³-hybridized carbons (Fsp3) is 0.938. The summed E-state index contributed by atoms with van der Waals surface area (Å²) in [5, 5.41) is 6.85. The van der Waals surface area contributed by atoms with Crippen LogP contribution in [-0.4, -0.2) is 63.8 Å². The van der Waals surface area contributed by atoms with Crippen LogP contribution in [0.4, 0.5) is 0 Å². The molecule has 1 fully saturated rings. The molecule has 1 rings (SSSR count). The molecule has 132 valence electrons. The molecule has 6 heteroatoms. The van der Waals surface area contributed by atoms with Crippen LogP contribution in [0.15, 0.2) is 4.99 Å². The number of aliphatic imine (C=N–C) groups is 1. The minimum Gasteiger partial charge on any atom is -0.379 e. The molecule has 0 atom stereocenters. The minimum absolute atomic E-state index is 0. The van der Waals surface area contributed by atoms with E-state index < -0.39 is 0 Å². The van der Waals surface area contributed by atoms with Crippen LogP contribution in [0.2, 0.25) is 0 Å². The van der Waals surface area contributed by atoms with E-state index in [0.29, 0.717) is 0 Å². The molecule has 0 unspecified atom stereocenters. The lowest BCUT2D eigenvalue weighted by Gasteiger charge is -2.29. The number of guanidine groups is 1. The molecule has 0 saturated carbocycles. The predicted octanol–water partition coefficient (Wildman–Crippen LogP) is 2.17. The van der Waals surface area contributed by atoms with Crippen molar-refractivity contribution in [2.24, 2.45) is 16.3 Å². The largest absolute Gasteiger partial charge is 0.379 e. The third-order valence-corrected chi connectivity index (χ3v) is 3.74. The Morgan fingerprint density at radius 1 is 1.23 bits per heavy atom. The van der Waals surface area contributed by atoms with E-state index in [1.165, 1.54) is 6.42 Å². The zero-order valence-corrected chi connectivity index (χ0v) is 17.3. The van der Waals surface area contributed by atoms with Gasteiger partial charge in [0.1, 0.15) is 0 Å². The summed E-state index contributed by atoms with van der Waals surface area (Å²) in [6.45, 7) is 15.9. The van der Waals surface area contributed by atoms with Crippen molar-refractivity contribution in [1.82, 2.24) is 15.5 Å². The van der Waals surface area contributed by atoms with Crippen LogP contribution in [0.5, 0.6) is 0 Å². The van der Waals surface area contributed by atoms with Crippen molar-refractivity contribution >= 4 is 29.9 Å². The molecule has 0 radical (unpaired) electrons. The first-order valence-corrected chi connectivity index (χ1v) is 8.17. The number of nitrogens with zero attached hydrogens (tertiary/aromatic N) is 2. The standard InChI is InChI=1S/C16H34N4O.HI/c1-14(2)12-16(3,4)13-19-15(17-5)18-6-7-20-8-10-21-11-9-20;/h14H,6-13H2,1-5H3,(H2,17,18,19);1H. The lowest BCUT2D eigenvalue weighted by atomic mass is 9.84. The zero-order valence-electron chi connectivity index (χ0n) is 14.9. The molecule has 0 amide bonds. The van der Waals surface area contributed by atoms with E-state index in [4.69, 9.17) is 4.74 Å². The Bertz CT molecular complexity index is 315. The van der Waals surface area contributed by atoms with Crippen molar-refractivity contribution in [1.29, 1.82) is 0 Å². The maximum atomic E-state index is 5.36. The Kier molecular flexibility index (Phi) is 11.4. The molecule has 1 aliphatic heterocycles. The van der Waals surface area contributed by atoms with Gasteiger partial charge in [-0.05, 0) is 17.8 Å². The van der Waals surface area contributed by atoms with E-state index in [9.17, 15) is 0 Å². The maximum absolute atomic E-state index is 5.36. The molecule has 0 aromatic rings. The molecular weight excluding hydrogens is 391 g/mol. The summed E-state index contributed by atoms with van der Waals surface area (Å²) in [4.78, 5) is 6.73. The summed E-state index contributed by atoms with van der Waals surface area (Å²) in [6.07, 6.45) is 1.21. The highest BCUT2D eigenvalue weighted by Crippen LogP contribution is 2.23. The number of hydrogen-bond donors (Lipinski definition) is 2. The highest BCUT2D eigenvalue weighted by molar-refractivity contribution is 14.0. The van der Waals surface area contributed by atoms with Crippen molar-refractivity contribution in [2.75, 3.05) is 53.0 Å². The molecule has 0 aromatic carbocycles. The second-order valence-corrected chi connectivity index (χ2v) is 7.07. The lowest BCUT2D eigenvalue weighted by Crippen LogP contribution is -2.46. The zero-order chi connectivity index (χ0) is 15.7. The summed E-state index contributed by atoms with van der Waals surface area (Å²) in [5.74, 6) is 1.62. The molecule has 0 bridgehead atoms. The van der Waals surface area contributed by atoms with Crippen molar-refractivity contribution in [3.8, 4) is 0 Å². The first-order valence-electron chi connectivity index (χ1n) is 8.17. The van der Waals surface area contributed by atoms with Crippen molar-refractivity contribution in [3.63, 3.8) is 0 Å². The molecular formula is C16H35IN4O. The summed E-state index contributed by atoms with van der Waals surface area (Å²) in [5.41, 5.74) is 0.288. The van der Waals surface area contributed by atoms with E-state index in [1.54, 1.807) is 0 Å². The third-order valence-electron chi connectivity index (χ3n) is 3.74. The number of rotatable bonds is 7. The Morgan fingerprint density at radius 3 is 2.41 bits per heavy atom. The monoisotopic (exact) mass is 426 g/mol. The smallest absolute Gasteiger partial charge is 0.191 e. The minimum atomic E-state index is 0. The fourth-order valence-electron chi connectivity index (χ4n) is 2.88. The number of ether oxygens (including phenoxy) is 1. The average Bonchev–Trinajstić information content (AvgIpc) is 2.42. The van der Waals surface area contributed by atoms with E-state index in [-0.39, 0.29) is 29.4 Å². The van der Waals surface area contributed by atoms with Gasteiger partial charge in [0.15, 0.2) is 5.96 Å². The van der Waals surface area contributed by atoms with E-state index in [0.717, 1.165) is 57.8 Å². The molecule has 0 aromatic heterocycles. The van der Waals surface area contributed by atoms with Crippen molar-refractivity contribution < 1.29 is 4.74 Å². The van der Waals surface area contributed by atoms with Gasteiger partial charge in [0, 0.05) is 39.8 Å². The Morgan fingerprint density at radius 2 is 1.86 bits per heavy atom. The Labute approximate surface area is 153 Å². The van der Waals surface area contributed by atoms with E-state index in [2.05, 4.69) is 48.2 Å². The average molecular weight is 426 g/mol. The highest BCUT2D eigenvalue weighted by Gasteiger charge is 2.19. The summed E-state index contributed by atoms with van der Waals surface area (Å²) in [7, 11) is 1.83. The fourth-order valence-corrected chi connectivity index (χ4v) is 2.88. The molecule has 1 saturated heterocycles. The molecule has 1 heterocycles. The second kappa shape index (κ2) is 11.5. The van der Waals surface area contributed by atoms with E-state index >= 15 is 0 Å². The quantitative estimate of drug-likeness (QED) is 0.372. The van der Waals surface area contributed by atoms with Gasteiger partial charge in [-0.1, -0.05) is 27.7 Å². The van der Waals surface area contributed by atoms with E-state index in [1.807, 2.05) is 7.05 Å². The van der Waals surface area contributed by atoms with Gasteiger partial charge in [0.2, 0.25) is 0 Å². The number of nitrogens with one attached hydrogen (secondary N) is 2. The van der Waals surface area contributed by atoms with Crippen LogP contribution in [0.1, 0.15) is 34.1 Å². The maximum Gasteiger partial charge on any atom is 0.191 e. The van der Waals surface area contributed by atoms with Crippen LogP contribution in [0.25, 0.3) is 0 Å². The molecule has 5 nitrogen and oxygen atoms in total. The van der Waals surface area contributed by atoms with Gasteiger partial charge >= 0.3 is 0 Å². The number of hydrogen-bond acceptors (Lipinski definition) is 3. The second-order valence-electron chi connectivity index (χ2n) is 7.07. The number of morpholine rings is 1. The van der Waals surface area contributed by atoms with Crippen molar-refractivity contribution in [3.05, 3.63) is 0 Å². The Hall–Kier alpha value is -0.0800. The molecule has 0 aliphatic carbocycles. The molecule has 0 spiro atoms. The van der Waals surface area contributed by atoms with Crippen LogP contribution < -0.4 is 10.6 Å². The topological polar surface area (TPSA) is 48.9 Å². The van der Waals surface area contributed by atoms with Crippen LogP contribution in [-0.2, 0) is 4.74 Å². The molecule has 2 N–H and O–H groups in total. The Balaban J connectivity index is 0.00000441. The van der Waals surface area contributed by atoms with Crippen LogP contribution in [0, 0.1) is 11.3 Å².